The van der Waals surface area contributed by atoms with Crippen LogP contribution in [0.5, 0.6) is 6.01 Å². The topological polar surface area (TPSA) is 163 Å². The van der Waals surface area contributed by atoms with E-state index in [-0.39, 0.29) is 24.8 Å². The number of hydrogen-bond acceptors (Lipinski definition) is 12. The average Bonchev–Trinajstić information content (AvgIpc) is 3.36. The molecular weight excluding hydrogens is 622 g/mol. The Bertz CT molecular complexity index is 1740. The van der Waals surface area contributed by atoms with Crippen molar-refractivity contribution in [3.05, 3.63) is 78.4 Å². The van der Waals surface area contributed by atoms with E-state index in [1.807, 2.05) is 42.5 Å². The molecule has 1 atom stereocenters. The van der Waals surface area contributed by atoms with Crippen molar-refractivity contribution >= 4 is 23.7 Å². The standard InChI is InChI=1S/C36H41N9O4/c1-36(15-12-29(13-16-36)42-33-39-21-27(19-37)32(43-33)44-17-6-9-30(46)14-18-44)45(35(47)49-24-25-7-4-3-5-8-25)31-11-10-26(20-38-31)28-22-40-34(48-2)41-23-28/h3-5,7-8,10-11,20-23,29-30,46H,6,9,12-18,24H2,1-2H3,(H,39,42,43)/t29-,30?,36+. The van der Waals surface area contributed by atoms with E-state index in [2.05, 4.69) is 38.2 Å². The molecule has 3 aromatic heterocycles. The van der Waals surface area contributed by atoms with Crippen LogP contribution in [0.1, 0.15) is 63.0 Å². The summed E-state index contributed by atoms with van der Waals surface area (Å²) >= 11 is 0. The largest absolute Gasteiger partial charge is 0.467 e. The molecule has 1 saturated heterocycles. The third-order valence-electron chi connectivity index (χ3n) is 9.33. The van der Waals surface area contributed by atoms with Gasteiger partial charge in [0.15, 0.2) is 5.82 Å². The molecule has 1 unspecified atom stereocenters. The highest BCUT2D eigenvalue weighted by molar-refractivity contribution is 5.88. The van der Waals surface area contributed by atoms with E-state index in [1.54, 1.807) is 29.7 Å². The summed E-state index contributed by atoms with van der Waals surface area (Å²) in [4.78, 5) is 39.9. The second kappa shape index (κ2) is 15.3. The quantitative estimate of drug-likeness (QED) is 0.231. The second-order valence-electron chi connectivity index (χ2n) is 12.8. The lowest BCUT2D eigenvalue weighted by Crippen LogP contribution is -2.53. The first kappa shape index (κ1) is 33.5. The summed E-state index contributed by atoms with van der Waals surface area (Å²) in [6.07, 6.45) is 10.9. The zero-order chi connectivity index (χ0) is 34.2. The van der Waals surface area contributed by atoms with E-state index in [0.717, 1.165) is 48.9 Å². The smallest absolute Gasteiger partial charge is 0.416 e. The molecule has 13 nitrogen and oxygen atoms in total. The van der Waals surface area contributed by atoms with Gasteiger partial charge in [0.1, 0.15) is 24.1 Å². The molecular formula is C36H41N9O4. The SMILES string of the molecule is COc1ncc(-c2ccc(N(C(=O)OCc3ccccc3)[C@]3(C)CC[C@H](Nc4ncc(C#N)c(N5CCCC(O)CC5)n4)CC3)nc2)cn1. The lowest BCUT2D eigenvalue weighted by atomic mass is 9.79. The zero-order valence-corrected chi connectivity index (χ0v) is 27.8. The van der Waals surface area contributed by atoms with Gasteiger partial charge in [0.25, 0.3) is 0 Å². The van der Waals surface area contributed by atoms with Gasteiger partial charge in [0, 0.05) is 48.8 Å². The van der Waals surface area contributed by atoms with Crippen LogP contribution in [0.4, 0.5) is 22.4 Å². The van der Waals surface area contributed by atoms with E-state index in [9.17, 15) is 15.2 Å². The van der Waals surface area contributed by atoms with Gasteiger partial charge in [-0.25, -0.2) is 24.7 Å². The van der Waals surface area contributed by atoms with Gasteiger partial charge >= 0.3 is 12.1 Å². The number of nitrogens with one attached hydrogen (secondary N) is 1. The normalized spacial score (nSPS) is 20.8. The summed E-state index contributed by atoms with van der Waals surface area (Å²) in [7, 11) is 1.52. The van der Waals surface area contributed by atoms with Crippen molar-refractivity contribution in [1.82, 2.24) is 24.9 Å². The molecule has 1 aliphatic heterocycles. The van der Waals surface area contributed by atoms with Gasteiger partial charge in [0.2, 0.25) is 5.95 Å². The molecule has 4 aromatic rings. The molecule has 6 rings (SSSR count). The van der Waals surface area contributed by atoms with Crippen molar-refractivity contribution in [2.75, 3.05) is 35.3 Å². The highest BCUT2D eigenvalue weighted by Crippen LogP contribution is 2.38. The van der Waals surface area contributed by atoms with Gasteiger partial charge in [-0.1, -0.05) is 30.3 Å². The van der Waals surface area contributed by atoms with Crippen LogP contribution in [0.15, 0.2) is 67.3 Å². The number of anilines is 3. The first-order valence-electron chi connectivity index (χ1n) is 16.7. The summed E-state index contributed by atoms with van der Waals surface area (Å²) in [6.45, 7) is 3.58. The fourth-order valence-electron chi connectivity index (χ4n) is 6.48. The van der Waals surface area contributed by atoms with E-state index in [1.165, 1.54) is 7.11 Å². The molecule has 0 bridgehead atoms. The Morgan fingerprint density at radius 3 is 2.45 bits per heavy atom. The Morgan fingerprint density at radius 1 is 1.00 bits per heavy atom. The Balaban J connectivity index is 1.18. The number of amides is 1. The van der Waals surface area contributed by atoms with Crippen LogP contribution in [-0.2, 0) is 11.3 Å². The van der Waals surface area contributed by atoms with Crippen LogP contribution in [0.2, 0.25) is 0 Å². The van der Waals surface area contributed by atoms with Crippen molar-refractivity contribution < 1.29 is 19.4 Å². The minimum atomic E-state index is -0.576. The summed E-state index contributed by atoms with van der Waals surface area (Å²) in [5, 5.41) is 23.3. The molecule has 13 heteroatoms. The number of aliphatic hydroxyl groups is 1. The van der Waals surface area contributed by atoms with E-state index < -0.39 is 11.6 Å². The Kier molecular flexibility index (Phi) is 10.4. The molecule has 254 valence electrons. The number of pyridine rings is 1. The van der Waals surface area contributed by atoms with Gasteiger partial charge in [-0.05, 0) is 69.6 Å². The number of benzene rings is 1. The summed E-state index contributed by atoms with van der Waals surface area (Å²) < 4.78 is 10.9. The first-order valence-corrected chi connectivity index (χ1v) is 16.7. The minimum Gasteiger partial charge on any atom is -0.467 e. The van der Waals surface area contributed by atoms with Gasteiger partial charge in [-0.3, -0.25) is 4.90 Å². The van der Waals surface area contributed by atoms with Gasteiger partial charge in [0.05, 0.1) is 24.9 Å². The predicted molar refractivity (Wildman–Crippen MR) is 184 cm³/mol. The molecule has 4 heterocycles. The molecule has 0 radical (unpaired) electrons. The molecule has 1 aliphatic carbocycles. The fraction of sp³-hybridized carbons (Fsp3) is 0.417. The molecule has 2 N–H and O–H groups in total. The monoisotopic (exact) mass is 663 g/mol. The van der Waals surface area contributed by atoms with Crippen molar-refractivity contribution in [2.24, 2.45) is 0 Å². The average molecular weight is 664 g/mol. The number of nitriles is 1. The van der Waals surface area contributed by atoms with Crippen LogP contribution in [-0.4, -0.2) is 74.0 Å². The van der Waals surface area contributed by atoms with Crippen LogP contribution in [0, 0.1) is 11.3 Å². The Morgan fingerprint density at radius 2 is 1.76 bits per heavy atom. The van der Waals surface area contributed by atoms with Crippen LogP contribution in [0.3, 0.4) is 0 Å². The minimum absolute atomic E-state index is 0.0624. The summed E-state index contributed by atoms with van der Waals surface area (Å²) in [5.74, 6) is 1.55. The molecule has 2 aliphatic rings. The van der Waals surface area contributed by atoms with Crippen LogP contribution >= 0.6 is 0 Å². The third-order valence-corrected chi connectivity index (χ3v) is 9.33. The number of rotatable bonds is 9. The zero-order valence-electron chi connectivity index (χ0n) is 27.8. The maximum atomic E-state index is 13.9. The highest BCUT2D eigenvalue weighted by atomic mass is 16.6. The maximum Gasteiger partial charge on any atom is 0.416 e. The number of carbonyl (C=O) groups excluding carboxylic acids is 1. The number of carbonyl (C=O) groups is 1. The second-order valence-corrected chi connectivity index (χ2v) is 12.8. The highest BCUT2D eigenvalue weighted by Gasteiger charge is 2.41. The van der Waals surface area contributed by atoms with E-state index in [0.29, 0.717) is 49.0 Å². The number of hydrogen-bond donors (Lipinski definition) is 2. The van der Waals surface area contributed by atoms with Crippen LogP contribution < -0.4 is 19.9 Å². The predicted octanol–water partition coefficient (Wildman–Crippen LogP) is 5.52. The van der Waals surface area contributed by atoms with Crippen molar-refractivity contribution in [1.29, 1.82) is 5.26 Å². The fourth-order valence-corrected chi connectivity index (χ4v) is 6.48. The molecule has 1 aromatic carbocycles. The number of aliphatic hydroxyl groups excluding tert-OH is 1. The van der Waals surface area contributed by atoms with Crippen molar-refractivity contribution in [3.8, 4) is 23.2 Å². The third kappa shape index (κ3) is 8.04. The molecule has 0 spiro atoms. The molecule has 1 amide bonds. The lowest BCUT2D eigenvalue weighted by Gasteiger charge is -2.44. The number of nitrogens with zero attached hydrogens (tertiary/aromatic N) is 8. The number of methoxy groups -OCH3 is 1. The van der Waals surface area contributed by atoms with Crippen LogP contribution in [0.25, 0.3) is 11.1 Å². The van der Waals surface area contributed by atoms with E-state index >= 15 is 0 Å². The molecule has 2 fully saturated rings. The van der Waals surface area contributed by atoms with E-state index in [4.69, 9.17) is 19.4 Å². The summed E-state index contributed by atoms with van der Waals surface area (Å²) in [5.41, 5.74) is 2.32. The Hall–Kier alpha value is -5.35. The lowest BCUT2D eigenvalue weighted by molar-refractivity contribution is 0.134. The first-order chi connectivity index (χ1) is 23.8. The van der Waals surface area contributed by atoms with Crippen molar-refractivity contribution in [3.63, 3.8) is 0 Å². The Labute approximate surface area is 286 Å². The van der Waals surface area contributed by atoms with Gasteiger partial charge in [-0.2, -0.15) is 10.2 Å². The van der Waals surface area contributed by atoms with Gasteiger partial charge in [-0.15, -0.1) is 0 Å². The number of aromatic nitrogens is 5. The van der Waals surface area contributed by atoms with Crippen molar-refractivity contribution in [2.45, 2.75) is 76.2 Å². The maximum absolute atomic E-state index is 13.9. The number of ether oxygens (including phenoxy) is 2. The van der Waals surface area contributed by atoms with Gasteiger partial charge < -0.3 is 24.8 Å². The molecule has 49 heavy (non-hydrogen) atoms. The molecule has 1 saturated carbocycles. The summed E-state index contributed by atoms with van der Waals surface area (Å²) in [6, 6.07) is 15.9.